The molecule has 0 aromatic rings. The topological polar surface area (TPSA) is 54.4 Å². The van der Waals surface area contributed by atoms with Crippen LogP contribution in [-0.4, -0.2) is 16.9 Å². The highest BCUT2D eigenvalue weighted by atomic mass is 16.4. The molecule has 0 atom stereocenters. The van der Waals surface area contributed by atoms with Gasteiger partial charge in [-0.3, -0.25) is 9.59 Å². The van der Waals surface area contributed by atoms with E-state index in [9.17, 15) is 9.59 Å². The monoisotopic (exact) mass is 250 g/mol. The molecule has 3 nitrogen and oxygen atoms in total. The van der Waals surface area contributed by atoms with Crippen LogP contribution < -0.4 is 0 Å². The average Bonchev–Trinajstić information content (AvgIpc) is 2.64. The second-order valence-corrected chi connectivity index (χ2v) is 4.99. The van der Waals surface area contributed by atoms with Crippen LogP contribution in [-0.2, 0) is 9.59 Å². The van der Waals surface area contributed by atoms with Crippen LogP contribution in [0.2, 0.25) is 0 Å². The second kappa shape index (κ2) is 7.14. The maximum absolute atomic E-state index is 11.7. The molecule has 1 aliphatic rings. The fraction of sp³-hybridized carbons (Fsp3) is 0.600. The van der Waals surface area contributed by atoms with Gasteiger partial charge in [-0.25, -0.2) is 0 Å². The third-order valence-corrected chi connectivity index (χ3v) is 3.33. The molecule has 1 aliphatic carbocycles. The number of hydrogen-bond acceptors (Lipinski definition) is 2. The van der Waals surface area contributed by atoms with Crippen LogP contribution in [0.3, 0.4) is 0 Å². The Morgan fingerprint density at radius 1 is 1.22 bits per heavy atom. The molecule has 0 spiro atoms. The number of carbonyl (C=O) groups is 2. The van der Waals surface area contributed by atoms with Gasteiger partial charge in [0.15, 0.2) is 5.78 Å². The van der Waals surface area contributed by atoms with E-state index in [-0.39, 0.29) is 12.2 Å². The van der Waals surface area contributed by atoms with E-state index in [0.29, 0.717) is 6.42 Å². The summed E-state index contributed by atoms with van der Waals surface area (Å²) in [5.41, 5.74) is 3.02. The van der Waals surface area contributed by atoms with Gasteiger partial charge in [-0.05, 0) is 38.2 Å². The number of Topliss-reactive ketones (excluding diaryl/α,β-unsaturated/α-hetero) is 1. The smallest absolute Gasteiger partial charge is 0.303 e. The van der Waals surface area contributed by atoms with Crippen LogP contribution in [0.4, 0.5) is 0 Å². The van der Waals surface area contributed by atoms with Crippen molar-refractivity contribution in [3.63, 3.8) is 0 Å². The number of carboxylic acid groups (broad SMARTS) is 1. The Hall–Kier alpha value is -1.38. The van der Waals surface area contributed by atoms with Crippen molar-refractivity contribution in [2.45, 2.75) is 58.3 Å². The zero-order chi connectivity index (χ0) is 13.5. The van der Waals surface area contributed by atoms with E-state index >= 15 is 0 Å². The Morgan fingerprint density at radius 3 is 2.50 bits per heavy atom. The first-order chi connectivity index (χ1) is 8.52. The number of unbranched alkanes of at least 4 members (excludes halogenated alkanes) is 3. The zero-order valence-electron chi connectivity index (χ0n) is 11.1. The maximum atomic E-state index is 11.7. The van der Waals surface area contributed by atoms with Crippen LogP contribution in [0.15, 0.2) is 23.3 Å². The summed E-state index contributed by atoms with van der Waals surface area (Å²) >= 11 is 0. The van der Waals surface area contributed by atoms with E-state index in [2.05, 4.69) is 6.58 Å². The van der Waals surface area contributed by atoms with E-state index in [1.54, 1.807) is 0 Å². The molecule has 0 bridgehead atoms. The fourth-order valence-corrected chi connectivity index (χ4v) is 2.47. The van der Waals surface area contributed by atoms with E-state index in [1.807, 2.05) is 6.92 Å². The van der Waals surface area contributed by atoms with Gasteiger partial charge in [0.2, 0.25) is 0 Å². The normalized spacial score (nSPS) is 15.3. The van der Waals surface area contributed by atoms with E-state index in [1.165, 1.54) is 5.57 Å². The first-order valence-corrected chi connectivity index (χ1v) is 6.65. The summed E-state index contributed by atoms with van der Waals surface area (Å²) in [4.78, 5) is 22.0. The molecule has 100 valence electrons. The Morgan fingerprint density at radius 2 is 1.89 bits per heavy atom. The van der Waals surface area contributed by atoms with E-state index in [0.717, 1.165) is 49.7 Å². The summed E-state index contributed by atoms with van der Waals surface area (Å²) in [6.45, 7) is 5.77. The van der Waals surface area contributed by atoms with Gasteiger partial charge in [-0.2, -0.15) is 0 Å². The average molecular weight is 250 g/mol. The lowest BCUT2D eigenvalue weighted by Gasteiger charge is -2.06. The zero-order valence-corrected chi connectivity index (χ0v) is 11.1. The molecule has 0 heterocycles. The first-order valence-electron chi connectivity index (χ1n) is 6.65. The van der Waals surface area contributed by atoms with Crippen molar-refractivity contribution >= 4 is 11.8 Å². The summed E-state index contributed by atoms with van der Waals surface area (Å²) in [7, 11) is 0. The summed E-state index contributed by atoms with van der Waals surface area (Å²) in [5, 5.41) is 8.51. The molecule has 0 unspecified atom stereocenters. The van der Waals surface area contributed by atoms with Crippen molar-refractivity contribution in [3.05, 3.63) is 23.3 Å². The number of ketones is 1. The molecule has 0 amide bonds. The minimum absolute atomic E-state index is 0.239. The van der Waals surface area contributed by atoms with Crippen LogP contribution >= 0.6 is 0 Å². The number of hydrogen-bond donors (Lipinski definition) is 1. The number of rotatable bonds is 8. The molecule has 0 radical (unpaired) electrons. The van der Waals surface area contributed by atoms with Crippen molar-refractivity contribution in [2.24, 2.45) is 0 Å². The summed E-state index contributed by atoms with van der Waals surface area (Å²) in [5.74, 6) is -0.480. The molecule has 0 aromatic heterocycles. The van der Waals surface area contributed by atoms with Gasteiger partial charge >= 0.3 is 5.97 Å². The van der Waals surface area contributed by atoms with Gasteiger partial charge in [0.05, 0.1) is 0 Å². The molecule has 0 aliphatic heterocycles. The van der Waals surface area contributed by atoms with Gasteiger partial charge < -0.3 is 5.11 Å². The van der Waals surface area contributed by atoms with Crippen molar-refractivity contribution in [1.82, 2.24) is 0 Å². The van der Waals surface area contributed by atoms with Crippen molar-refractivity contribution in [1.29, 1.82) is 0 Å². The minimum atomic E-state index is -0.719. The lowest BCUT2D eigenvalue weighted by Crippen LogP contribution is -1.97. The lowest BCUT2D eigenvalue weighted by atomic mass is 9.99. The number of carbonyl (C=O) groups excluding carboxylic acids is 1. The standard InChI is InChI=1S/C15H22O3/c1-11(2)15-12(9-10-13(15)16)7-5-3-4-6-8-14(17)18/h1,3-10H2,2H3,(H,17,18). The van der Waals surface area contributed by atoms with Crippen LogP contribution in [0.5, 0.6) is 0 Å². The summed E-state index contributed by atoms with van der Waals surface area (Å²) in [6, 6.07) is 0. The van der Waals surface area contributed by atoms with Crippen LogP contribution in [0.25, 0.3) is 0 Å². The number of carboxylic acids is 1. The largest absolute Gasteiger partial charge is 0.481 e. The van der Waals surface area contributed by atoms with Crippen LogP contribution in [0, 0.1) is 0 Å². The van der Waals surface area contributed by atoms with Crippen molar-refractivity contribution in [2.75, 3.05) is 0 Å². The van der Waals surface area contributed by atoms with Gasteiger partial charge in [0, 0.05) is 18.4 Å². The molecule has 0 fully saturated rings. The SMILES string of the molecule is C=C(C)C1=C(CCCCCCC(=O)O)CCC1=O. The molecule has 3 heteroatoms. The van der Waals surface area contributed by atoms with Gasteiger partial charge in [0.1, 0.15) is 0 Å². The summed E-state index contributed by atoms with van der Waals surface area (Å²) < 4.78 is 0. The summed E-state index contributed by atoms with van der Waals surface area (Å²) in [6.07, 6.45) is 6.52. The third-order valence-electron chi connectivity index (χ3n) is 3.33. The number of aliphatic carboxylic acids is 1. The predicted octanol–water partition coefficient (Wildman–Crippen LogP) is 3.65. The van der Waals surface area contributed by atoms with Gasteiger partial charge in [-0.15, -0.1) is 0 Å². The van der Waals surface area contributed by atoms with Crippen LogP contribution in [0.1, 0.15) is 58.3 Å². The highest BCUT2D eigenvalue weighted by Crippen LogP contribution is 2.31. The molecular formula is C15H22O3. The minimum Gasteiger partial charge on any atom is -0.481 e. The predicted molar refractivity (Wildman–Crippen MR) is 71.4 cm³/mol. The molecular weight excluding hydrogens is 228 g/mol. The molecule has 18 heavy (non-hydrogen) atoms. The molecule has 1 rings (SSSR count). The highest BCUT2D eigenvalue weighted by Gasteiger charge is 2.22. The Kier molecular flexibility index (Phi) is 5.83. The number of allylic oxidation sites excluding steroid dienone is 3. The first kappa shape index (κ1) is 14.7. The molecule has 1 N–H and O–H groups in total. The van der Waals surface area contributed by atoms with Crippen molar-refractivity contribution in [3.8, 4) is 0 Å². The fourth-order valence-electron chi connectivity index (χ4n) is 2.47. The quantitative estimate of drug-likeness (QED) is 0.669. The van der Waals surface area contributed by atoms with Gasteiger partial charge in [0.25, 0.3) is 0 Å². The van der Waals surface area contributed by atoms with Crippen molar-refractivity contribution < 1.29 is 14.7 Å². The molecule has 0 saturated carbocycles. The molecule has 0 aromatic carbocycles. The Balaban J connectivity index is 2.28. The van der Waals surface area contributed by atoms with E-state index < -0.39 is 5.97 Å². The lowest BCUT2D eigenvalue weighted by molar-refractivity contribution is -0.137. The highest BCUT2D eigenvalue weighted by molar-refractivity contribution is 6.02. The molecule has 0 saturated heterocycles. The van der Waals surface area contributed by atoms with E-state index in [4.69, 9.17) is 5.11 Å². The second-order valence-electron chi connectivity index (χ2n) is 4.99. The van der Waals surface area contributed by atoms with Gasteiger partial charge in [-0.1, -0.05) is 25.0 Å². The Bertz CT molecular complexity index is 377. The maximum Gasteiger partial charge on any atom is 0.303 e. The Labute approximate surface area is 109 Å². The third kappa shape index (κ3) is 4.47.